The highest BCUT2D eigenvalue weighted by atomic mass is 32.2. The van der Waals surface area contributed by atoms with Gasteiger partial charge in [-0.15, -0.1) is 11.8 Å². The average molecular weight is 1880 g/mol. The Kier molecular flexibility index (Phi) is 40.4. The molecule has 12 atom stereocenters. The van der Waals surface area contributed by atoms with E-state index in [9.17, 15) is 57.7 Å². The van der Waals surface area contributed by atoms with E-state index in [1.165, 1.54) is 69.2 Å². The first-order valence-corrected chi connectivity index (χ1v) is 44.9. The Bertz CT molecular complexity index is 5080. The highest BCUT2D eigenvalue weighted by Crippen LogP contribution is 2.27. The van der Waals surface area contributed by atoms with Gasteiger partial charge < -0.3 is 110 Å². The summed E-state index contributed by atoms with van der Waals surface area (Å²) in [6, 6.07) is 6.48. The fraction of sp³-hybridized carbons (Fsp3) is 0.473. The second-order valence-corrected chi connectivity index (χ2v) is 34.2. The second-order valence-electron chi connectivity index (χ2n) is 33.2. The number of primary amides is 1. The van der Waals surface area contributed by atoms with Crippen LogP contribution in [-0.4, -0.2) is 290 Å². The Morgan fingerprint density at radius 2 is 1.10 bits per heavy atom. The summed E-state index contributed by atoms with van der Waals surface area (Å²) in [5, 5.41) is 54.9. The third-order valence-corrected chi connectivity index (χ3v) is 24.0. The van der Waals surface area contributed by atoms with Crippen LogP contribution in [0.3, 0.4) is 0 Å². The van der Waals surface area contributed by atoms with Gasteiger partial charge in [-0.3, -0.25) is 76.7 Å². The van der Waals surface area contributed by atoms with Crippen LogP contribution in [0.1, 0.15) is 113 Å². The normalized spacial score (nSPS) is 22.6. The third kappa shape index (κ3) is 30.5. The number of aromatic hydroxyl groups is 1. The number of amides is 15. The van der Waals surface area contributed by atoms with Gasteiger partial charge in [-0.05, 0) is 134 Å². The number of carboxylic acids is 1. The number of hydrogen-bond acceptors (Lipinski definition) is 21. The number of aliphatic hydroxyl groups is 1. The molecule has 0 spiro atoms. The number of fused-ring (bicyclic) bond motifs is 2. The van der Waals surface area contributed by atoms with Crippen LogP contribution in [0.25, 0.3) is 10.9 Å². The first-order valence-electron chi connectivity index (χ1n) is 43.8. The number of halogens is 4. The van der Waals surface area contributed by atoms with E-state index in [1.807, 2.05) is 0 Å². The number of nitrogens with zero attached hydrogens (tertiary/aromatic N) is 5. The third-order valence-electron chi connectivity index (χ3n) is 23.0. The fourth-order valence-electron chi connectivity index (χ4n) is 15.7. The summed E-state index contributed by atoms with van der Waals surface area (Å²) in [6.07, 6.45) is -1.41. The maximum absolute atomic E-state index is 15.6. The van der Waals surface area contributed by atoms with Crippen molar-refractivity contribution in [3.05, 3.63) is 173 Å². The summed E-state index contributed by atoms with van der Waals surface area (Å²) in [6.45, 7) is 1.28. The van der Waals surface area contributed by atoms with Gasteiger partial charge in [0.1, 0.15) is 84.1 Å². The minimum absolute atomic E-state index is 0.00611. The lowest BCUT2D eigenvalue weighted by molar-refractivity contribution is -0.152. The monoisotopic (exact) mass is 1870 g/mol. The first kappa shape index (κ1) is 105. The number of thioether (sulfide) groups is 1. The number of likely N-dealkylation sites (N-methyl/N-ethyl adjacent to an activating group) is 3. The summed E-state index contributed by atoms with van der Waals surface area (Å²) in [5.41, 5.74) is 19.2. The molecule has 37 nitrogen and oxygen atoms in total. The predicted molar refractivity (Wildman–Crippen MR) is 480 cm³/mol. The number of aliphatic hydroxyl groups excluding tert-OH is 1. The van der Waals surface area contributed by atoms with Crippen molar-refractivity contribution in [2.75, 3.05) is 78.5 Å². The minimum Gasteiger partial charge on any atom is -0.508 e. The van der Waals surface area contributed by atoms with Gasteiger partial charge in [0.15, 0.2) is 17.5 Å². The number of carboxylic acid groups (broad SMARTS) is 1. The maximum Gasteiger partial charge on any atom is 0.305 e. The minimum atomic E-state index is -2.04. The lowest BCUT2D eigenvalue weighted by Crippen LogP contribution is -2.61. The number of unbranched alkanes of at least 4 members (excludes halogenated alkanes) is 1. The number of H-pyrrole nitrogens is 1. The van der Waals surface area contributed by atoms with Gasteiger partial charge in [0.05, 0.1) is 31.9 Å². The van der Waals surface area contributed by atoms with Crippen molar-refractivity contribution in [3.8, 4) is 5.75 Å². The number of benzene rings is 5. The number of nitrogens with one attached hydrogen (secondary N) is 10. The average Bonchev–Trinajstić information content (AvgIpc) is 1.74. The van der Waals surface area contributed by atoms with Crippen LogP contribution in [0.4, 0.5) is 17.6 Å². The number of nitrogens with two attached hydrogens (primary N) is 3. The summed E-state index contributed by atoms with van der Waals surface area (Å²) in [4.78, 5) is 244. The van der Waals surface area contributed by atoms with Gasteiger partial charge in [0, 0.05) is 89.2 Å². The molecule has 42 heteroatoms. The number of hydrogen-bond donors (Lipinski definition) is 16. The van der Waals surface area contributed by atoms with Gasteiger partial charge in [-0.1, -0.05) is 106 Å². The number of phenols is 1. The van der Waals surface area contributed by atoms with Crippen LogP contribution in [-0.2, 0) is 109 Å². The number of aliphatic carboxylic acids is 1. The van der Waals surface area contributed by atoms with Crippen molar-refractivity contribution in [2.45, 2.75) is 190 Å². The molecule has 2 aliphatic rings. The Morgan fingerprint density at radius 3 is 1.73 bits per heavy atom. The number of rotatable bonds is 27. The molecule has 2 saturated heterocycles. The van der Waals surface area contributed by atoms with Gasteiger partial charge in [0.25, 0.3) is 0 Å². The first-order chi connectivity index (χ1) is 63.3. The predicted octanol–water partition coefficient (Wildman–Crippen LogP) is 0.261. The highest BCUT2D eigenvalue weighted by molar-refractivity contribution is 8.00. The number of carbonyl (C=O) groups excluding carboxylic acids is 15. The van der Waals surface area contributed by atoms with Crippen molar-refractivity contribution in [2.24, 2.45) is 23.1 Å². The van der Waals surface area contributed by atoms with Crippen LogP contribution < -0.4 is 65.1 Å². The number of aromatic nitrogens is 1. The molecule has 0 aliphatic carbocycles. The van der Waals surface area contributed by atoms with Crippen LogP contribution in [0.2, 0.25) is 0 Å². The van der Waals surface area contributed by atoms with Crippen molar-refractivity contribution < 1.29 is 110 Å². The molecule has 6 aromatic rings. The Labute approximate surface area is 770 Å². The van der Waals surface area contributed by atoms with Crippen molar-refractivity contribution in [3.63, 3.8) is 0 Å². The van der Waals surface area contributed by atoms with Gasteiger partial charge in [-0.2, -0.15) is 0 Å². The van der Waals surface area contributed by atoms with E-state index in [4.69, 9.17) is 17.2 Å². The van der Waals surface area contributed by atoms with E-state index < -0.39 is 252 Å². The van der Waals surface area contributed by atoms with Crippen molar-refractivity contribution >= 4 is 117 Å². The van der Waals surface area contributed by atoms with E-state index in [2.05, 4.69) is 52.8 Å². The van der Waals surface area contributed by atoms with Crippen LogP contribution in [0.5, 0.6) is 5.75 Å². The van der Waals surface area contributed by atoms with E-state index >= 15 is 51.9 Å². The van der Waals surface area contributed by atoms with E-state index in [0.717, 1.165) is 38.8 Å². The van der Waals surface area contributed by atoms with Crippen LogP contribution in [0, 0.1) is 29.2 Å². The van der Waals surface area contributed by atoms with E-state index in [0.29, 0.717) is 57.9 Å². The summed E-state index contributed by atoms with van der Waals surface area (Å²) in [7, 11) is 3.55. The van der Waals surface area contributed by atoms with Gasteiger partial charge >= 0.3 is 5.97 Å². The molecule has 1 unspecified atom stereocenters. The zero-order valence-electron chi connectivity index (χ0n) is 74.8. The van der Waals surface area contributed by atoms with Crippen LogP contribution >= 0.6 is 11.8 Å². The molecule has 0 bridgehead atoms. The highest BCUT2D eigenvalue weighted by Gasteiger charge is 2.45. The van der Waals surface area contributed by atoms with Crippen molar-refractivity contribution in [1.29, 1.82) is 0 Å². The van der Waals surface area contributed by atoms with Gasteiger partial charge in [0.2, 0.25) is 88.6 Å². The standard InChI is InChI=1S/C91H118F4N18O19S/c1-7-8-23-71-90(131)112(36-37-114)48-75(117)101-67(45-77(119)120)84(125)108-79(51(2)3)91(132)110(5)72(42-54-25-29-57(92)30-26-54)86(127)104-64(22-15-34-97)88(129)113-35-16-24-70(113)85(126)106-66(44-56-46-99-62-20-13-12-19-59(56)62)83(124)105-65(40-53-27-31-58(115)32-28-53)82(123)103-63(21-14-33-96)81(122)107-69(80(121)100-47-74(98)116)49-133-50-76(118)102-68(41-55-38-60(93)78(95)61(94)39-55)87(128)111(6)73(89(130)109(71)4)43-52-17-10-9-11-18-52/h9-13,17-20,25-32,38-39,46,51,63-73,79,99,114-115H,7-8,14-16,21-24,33-37,40-45,47-50,96-97H2,1-6H3,(H2,98,116)(H,100,121)(H,101,117)(H,102,118)(H,103,123)(H,104,127)(H,105,124)(H,106,126)(H,107,122)(H,108,125)(H,119,120)/t63-,64-,65-,66-,67-,68-,69-,70+,71-,72?,73-,79-/m0/s1. The molecular formula is C91H118F4N18O19S. The van der Waals surface area contributed by atoms with Crippen LogP contribution in [0.15, 0.2) is 121 Å². The topological polar surface area (TPSA) is 552 Å². The molecule has 2 fully saturated rings. The molecule has 0 radical (unpaired) electrons. The van der Waals surface area contributed by atoms with Gasteiger partial charge in [-0.25, -0.2) is 17.6 Å². The maximum atomic E-state index is 15.6. The SMILES string of the molecule is CCCC[C@H]1C(=O)N(CCO)CC(=O)N[C@@H](CC(=O)O)C(=O)N[C@@H](C(C)C)C(=O)N(C)C(Cc2ccc(F)cc2)C(=O)N[C@@H](CCCN)C(=O)N2CCC[C@@H]2C(=O)N[C@@H](Cc2c[nH]c3ccccc23)C(=O)N[C@@H](Cc2ccc(O)cc2)C(=O)N[C@@H](CCCN)C(=O)N[C@H](C(=O)NCC(N)=O)CSCC(=O)N[C@@H](Cc2cc(F)c(F)c(F)c2)C(=O)N(C)[C@@H](Cc2ccccc2)C(=O)N1C. The Hall–Kier alpha value is -13.1. The molecule has 133 heavy (non-hydrogen) atoms. The number of carbonyl (C=O) groups is 16. The quantitative estimate of drug-likeness (QED) is 0.0243. The molecule has 1 aromatic heterocycles. The summed E-state index contributed by atoms with van der Waals surface area (Å²) >= 11 is 0.640. The van der Waals surface area contributed by atoms with E-state index in [1.54, 1.807) is 67.7 Å². The second kappa shape index (κ2) is 51.1. The molecule has 15 amide bonds. The number of phenolic OH excluding ortho intramolecular Hbond substituents is 1. The molecule has 2 aliphatic heterocycles. The lowest BCUT2D eigenvalue weighted by Gasteiger charge is -2.37. The Balaban J connectivity index is 1.24. The molecule has 19 N–H and O–H groups in total. The number of para-hydroxylation sites is 1. The molecule has 0 saturated carbocycles. The van der Waals surface area contributed by atoms with E-state index in [-0.39, 0.29) is 108 Å². The molecule has 720 valence electrons. The number of aromatic amines is 1. The summed E-state index contributed by atoms with van der Waals surface area (Å²) in [5.74, 6) is -25.4. The van der Waals surface area contributed by atoms with Crippen molar-refractivity contribution in [1.82, 2.24) is 77.3 Å². The molecule has 3 heterocycles. The zero-order chi connectivity index (χ0) is 97.4. The molecule has 8 rings (SSSR count). The smallest absolute Gasteiger partial charge is 0.305 e. The lowest BCUT2D eigenvalue weighted by atomic mass is 9.98. The summed E-state index contributed by atoms with van der Waals surface area (Å²) < 4.78 is 59.6. The molecular weight excluding hydrogens is 1760 g/mol. The zero-order valence-corrected chi connectivity index (χ0v) is 75.6. The molecule has 5 aromatic carbocycles. The number of β-amino-alcohol motifs (C(OH)–C–C–N with tert-alkyl or cyclic N) is 1. The fourth-order valence-corrected chi connectivity index (χ4v) is 16.5. The Morgan fingerprint density at radius 1 is 0.549 bits per heavy atom. The largest absolute Gasteiger partial charge is 0.508 e.